The summed E-state index contributed by atoms with van der Waals surface area (Å²) < 4.78 is 33.2. The molecule has 2 heterocycles. The Bertz CT molecular complexity index is 563. The van der Waals surface area contributed by atoms with Gasteiger partial charge in [-0.3, -0.25) is 4.90 Å². The molecule has 2 aliphatic heterocycles. The normalized spacial score (nSPS) is 22.4. The van der Waals surface area contributed by atoms with E-state index in [-0.39, 0.29) is 12.1 Å². The van der Waals surface area contributed by atoms with E-state index in [9.17, 15) is 13.2 Å². The highest BCUT2D eigenvalue weighted by atomic mass is 32.2. The highest BCUT2D eigenvalue weighted by Gasteiger charge is 2.35. The van der Waals surface area contributed by atoms with E-state index >= 15 is 0 Å². The number of carbonyl (C=O) groups excluding carboxylic acids is 1. The third-order valence-corrected chi connectivity index (χ3v) is 6.61. The maximum Gasteiger partial charge on any atom is 0.319 e. The summed E-state index contributed by atoms with van der Waals surface area (Å²) in [6.07, 6.45) is 2.80. The first-order chi connectivity index (χ1) is 12.2. The third-order valence-electron chi connectivity index (χ3n) is 5.08. The van der Waals surface area contributed by atoms with Crippen molar-refractivity contribution in [3.63, 3.8) is 0 Å². The van der Waals surface area contributed by atoms with E-state index in [1.54, 1.807) is 19.0 Å². The minimum atomic E-state index is -3.42. The molecule has 2 fully saturated rings. The van der Waals surface area contributed by atoms with Gasteiger partial charge >= 0.3 is 6.03 Å². The number of nitrogens with one attached hydrogen (secondary N) is 1. The van der Waals surface area contributed by atoms with Crippen LogP contribution >= 0.6 is 0 Å². The van der Waals surface area contributed by atoms with Crippen molar-refractivity contribution < 1.29 is 17.9 Å². The van der Waals surface area contributed by atoms with Crippen LogP contribution in [0.1, 0.15) is 19.3 Å². The van der Waals surface area contributed by atoms with E-state index in [1.807, 2.05) is 4.90 Å². The van der Waals surface area contributed by atoms with Crippen LogP contribution in [0.5, 0.6) is 0 Å². The van der Waals surface area contributed by atoms with Crippen LogP contribution in [-0.4, -0.2) is 113 Å². The zero-order valence-corrected chi connectivity index (χ0v) is 17.2. The molecule has 0 spiro atoms. The average molecular weight is 392 g/mol. The summed E-state index contributed by atoms with van der Waals surface area (Å²) in [6, 6.07) is 0.658. The maximum absolute atomic E-state index is 12.2. The van der Waals surface area contributed by atoms with Gasteiger partial charge < -0.3 is 14.5 Å². The molecular formula is C16H33N5O4S. The van der Waals surface area contributed by atoms with E-state index in [4.69, 9.17) is 4.74 Å². The first kappa shape index (κ1) is 21.4. The van der Waals surface area contributed by atoms with Crippen molar-refractivity contribution in [2.45, 2.75) is 31.3 Å². The second-order valence-corrected chi connectivity index (χ2v) is 9.30. The Hall–Kier alpha value is -0.940. The fraction of sp³-hybridized carbons (Fsp3) is 0.938. The van der Waals surface area contributed by atoms with E-state index < -0.39 is 10.2 Å². The molecule has 26 heavy (non-hydrogen) atoms. The molecular weight excluding hydrogens is 358 g/mol. The molecule has 152 valence electrons. The van der Waals surface area contributed by atoms with Crippen LogP contribution < -0.4 is 4.72 Å². The molecule has 0 saturated carbocycles. The maximum atomic E-state index is 12.2. The molecule has 1 atom stereocenters. The van der Waals surface area contributed by atoms with E-state index in [0.29, 0.717) is 25.7 Å². The van der Waals surface area contributed by atoms with Crippen molar-refractivity contribution in [2.75, 3.05) is 67.6 Å². The van der Waals surface area contributed by atoms with Gasteiger partial charge in [0.2, 0.25) is 0 Å². The Morgan fingerprint density at radius 2 is 1.77 bits per heavy atom. The average Bonchev–Trinajstić information content (AvgIpc) is 3.08. The van der Waals surface area contributed by atoms with Gasteiger partial charge in [0.15, 0.2) is 0 Å². The monoisotopic (exact) mass is 391 g/mol. The first-order valence-corrected chi connectivity index (χ1v) is 10.6. The van der Waals surface area contributed by atoms with Crippen molar-refractivity contribution in [2.24, 2.45) is 0 Å². The number of hydrogen-bond donors (Lipinski definition) is 1. The molecule has 2 rings (SSSR count). The van der Waals surface area contributed by atoms with Gasteiger partial charge in [-0.15, -0.1) is 0 Å². The van der Waals surface area contributed by atoms with Gasteiger partial charge in [0.25, 0.3) is 10.2 Å². The minimum Gasteiger partial charge on any atom is -0.381 e. The Labute approximate surface area is 157 Å². The fourth-order valence-corrected chi connectivity index (χ4v) is 4.19. The van der Waals surface area contributed by atoms with E-state index in [1.165, 1.54) is 18.4 Å². The summed E-state index contributed by atoms with van der Waals surface area (Å²) in [5, 5.41) is 0. The van der Waals surface area contributed by atoms with Gasteiger partial charge in [0.05, 0.1) is 0 Å². The van der Waals surface area contributed by atoms with Gasteiger partial charge in [0, 0.05) is 79.7 Å². The fourth-order valence-electron chi connectivity index (χ4n) is 3.58. The number of carbonyl (C=O) groups is 1. The molecule has 0 aromatic rings. The number of ether oxygens (including phenoxy) is 1. The van der Waals surface area contributed by atoms with Crippen molar-refractivity contribution >= 4 is 16.2 Å². The topological polar surface area (TPSA) is 85.4 Å². The van der Waals surface area contributed by atoms with Gasteiger partial charge in [0.1, 0.15) is 0 Å². The highest BCUT2D eigenvalue weighted by Crippen LogP contribution is 2.23. The number of amides is 2. The Morgan fingerprint density at radius 3 is 2.35 bits per heavy atom. The number of likely N-dealkylation sites (tertiary alicyclic amines) is 1. The first-order valence-electron chi connectivity index (χ1n) is 9.19. The predicted octanol–water partition coefficient (Wildman–Crippen LogP) is -0.381. The Kier molecular flexibility index (Phi) is 7.65. The van der Waals surface area contributed by atoms with Crippen LogP contribution in [0.4, 0.5) is 4.79 Å². The molecule has 0 aromatic heterocycles. The molecule has 2 saturated heterocycles. The summed E-state index contributed by atoms with van der Waals surface area (Å²) in [4.78, 5) is 18.1. The van der Waals surface area contributed by atoms with Crippen LogP contribution in [0.3, 0.4) is 0 Å². The molecule has 0 bridgehead atoms. The number of rotatable bonds is 7. The van der Waals surface area contributed by atoms with E-state index in [2.05, 4.69) is 9.62 Å². The molecule has 10 heteroatoms. The van der Waals surface area contributed by atoms with Crippen LogP contribution in [0.25, 0.3) is 0 Å². The zero-order chi connectivity index (χ0) is 19.3. The lowest BCUT2D eigenvalue weighted by Gasteiger charge is -2.38. The summed E-state index contributed by atoms with van der Waals surface area (Å²) in [5.41, 5.74) is 0. The van der Waals surface area contributed by atoms with Crippen LogP contribution in [0.2, 0.25) is 0 Å². The van der Waals surface area contributed by atoms with Crippen molar-refractivity contribution in [3.8, 4) is 0 Å². The largest absolute Gasteiger partial charge is 0.381 e. The molecule has 0 radical (unpaired) electrons. The lowest BCUT2D eigenvalue weighted by molar-refractivity contribution is 0.0193. The summed E-state index contributed by atoms with van der Waals surface area (Å²) >= 11 is 0. The quantitative estimate of drug-likeness (QED) is 0.639. The van der Waals surface area contributed by atoms with Crippen molar-refractivity contribution in [1.82, 2.24) is 23.7 Å². The number of hydrogen-bond acceptors (Lipinski definition) is 5. The van der Waals surface area contributed by atoms with Crippen molar-refractivity contribution in [1.29, 1.82) is 0 Å². The van der Waals surface area contributed by atoms with Crippen LogP contribution in [-0.2, 0) is 14.9 Å². The number of urea groups is 1. The Morgan fingerprint density at radius 1 is 1.12 bits per heavy atom. The zero-order valence-electron chi connectivity index (χ0n) is 16.3. The third kappa shape index (κ3) is 5.53. The molecule has 9 nitrogen and oxygen atoms in total. The van der Waals surface area contributed by atoms with E-state index in [0.717, 1.165) is 39.0 Å². The molecule has 1 unspecified atom stereocenters. The molecule has 0 aliphatic carbocycles. The lowest BCUT2D eigenvalue weighted by atomic mass is 10.0. The second kappa shape index (κ2) is 9.32. The van der Waals surface area contributed by atoms with Gasteiger partial charge in [-0.2, -0.15) is 12.7 Å². The Balaban J connectivity index is 1.99. The second-order valence-electron chi connectivity index (χ2n) is 7.33. The lowest BCUT2D eigenvalue weighted by Crippen LogP contribution is -2.51. The van der Waals surface area contributed by atoms with Crippen LogP contribution in [0, 0.1) is 0 Å². The summed E-state index contributed by atoms with van der Waals surface area (Å²) in [6.45, 7) is 3.89. The van der Waals surface area contributed by atoms with Gasteiger partial charge in [-0.1, -0.05) is 0 Å². The smallest absolute Gasteiger partial charge is 0.319 e. The van der Waals surface area contributed by atoms with Crippen molar-refractivity contribution in [3.05, 3.63) is 0 Å². The SMILES string of the molecule is CN(C)C(=O)N1CCC(N(CCNS(=O)(=O)N(C)C)C2CCOCC2)C1. The molecule has 1 N–H and O–H groups in total. The standard InChI is InChI=1S/C16H33N5O4S/c1-18(2)16(22)20-9-5-15(13-20)21(14-6-11-25-12-7-14)10-8-17-26(23,24)19(3)4/h14-15,17H,5-13H2,1-4H3. The molecule has 0 aromatic carbocycles. The summed E-state index contributed by atoms with van der Waals surface area (Å²) in [5.74, 6) is 0. The van der Waals surface area contributed by atoms with Gasteiger partial charge in [-0.25, -0.2) is 9.52 Å². The molecule has 2 amide bonds. The van der Waals surface area contributed by atoms with Crippen LogP contribution in [0.15, 0.2) is 0 Å². The minimum absolute atomic E-state index is 0.0349. The van der Waals surface area contributed by atoms with Gasteiger partial charge in [-0.05, 0) is 19.3 Å². The molecule has 2 aliphatic rings. The highest BCUT2D eigenvalue weighted by molar-refractivity contribution is 7.87. The predicted molar refractivity (Wildman–Crippen MR) is 100 cm³/mol. The summed E-state index contributed by atoms with van der Waals surface area (Å²) in [7, 11) is 3.14. The number of nitrogens with zero attached hydrogens (tertiary/aromatic N) is 4.